The molecule has 1 aliphatic carbocycles. The van der Waals surface area contributed by atoms with Gasteiger partial charge in [-0.25, -0.2) is 0 Å². The summed E-state index contributed by atoms with van der Waals surface area (Å²) in [7, 11) is 0. The predicted molar refractivity (Wildman–Crippen MR) is 142 cm³/mol. The average Bonchev–Trinajstić information content (AvgIpc) is 3.12. The number of piperidine rings is 3. The van der Waals surface area contributed by atoms with Gasteiger partial charge in [0, 0.05) is 18.2 Å². The SMILES string of the molecule is CCCCc1ccc(-c2cc3c(cc2OCC)[C@H](N(C(=O)[O-])[C@@H]2CN4CCC2CC4)C(C)(C)C3)cc1. The van der Waals surface area contributed by atoms with Crippen molar-refractivity contribution in [1.29, 1.82) is 0 Å². The molecule has 0 N–H and O–H groups in total. The van der Waals surface area contributed by atoms with Gasteiger partial charge >= 0.3 is 0 Å². The number of amides is 1. The number of fused-ring (bicyclic) bond motifs is 4. The maximum atomic E-state index is 12.7. The zero-order valence-corrected chi connectivity index (χ0v) is 22.4. The lowest BCUT2D eigenvalue weighted by Crippen LogP contribution is -2.62. The van der Waals surface area contributed by atoms with Crippen molar-refractivity contribution in [3.8, 4) is 16.9 Å². The Kier molecular flexibility index (Phi) is 7.04. The van der Waals surface area contributed by atoms with E-state index in [-0.39, 0.29) is 17.5 Å². The van der Waals surface area contributed by atoms with Crippen molar-refractivity contribution >= 4 is 6.09 Å². The number of ether oxygens (including phenoxy) is 1. The number of carbonyl (C=O) groups excluding carboxylic acids is 1. The van der Waals surface area contributed by atoms with Crippen LogP contribution in [0.2, 0.25) is 0 Å². The lowest BCUT2D eigenvalue weighted by molar-refractivity contribution is -0.276. The van der Waals surface area contributed by atoms with Crippen LogP contribution in [-0.4, -0.2) is 48.2 Å². The van der Waals surface area contributed by atoms with Crippen LogP contribution in [0.15, 0.2) is 36.4 Å². The first-order valence-electron chi connectivity index (χ1n) is 13.9. The summed E-state index contributed by atoms with van der Waals surface area (Å²) < 4.78 is 6.17. The molecule has 3 aliphatic heterocycles. The second-order valence-electron chi connectivity index (χ2n) is 11.7. The summed E-state index contributed by atoms with van der Waals surface area (Å²) in [5.41, 5.74) is 5.70. The lowest BCUT2D eigenvalue weighted by Gasteiger charge is -2.53. The Morgan fingerprint density at radius 2 is 1.86 bits per heavy atom. The number of carbonyl (C=O) groups is 1. The molecule has 194 valence electrons. The van der Waals surface area contributed by atoms with Crippen LogP contribution in [0.3, 0.4) is 0 Å². The van der Waals surface area contributed by atoms with E-state index < -0.39 is 6.09 Å². The fraction of sp³-hybridized carbons (Fsp3) is 0.581. The van der Waals surface area contributed by atoms with E-state index in [2.05, 4.69) is 62.1 Å². The van der Waals surface area contributed by atoms with Gasteiger partial charge in [-0.15, -0.1) is 0 Å². The number of hydrogen-bond acceptors (Lipinski definition) is 4. The van der Waals surface area contributed by atoms with Crippen molar-refractivity contribution in [2.75, 3.05) is 26.2 Å². The second-order valence-corrected chi connectivity index (χ2v) is 11.7. The molecule has 3 heterocycles. The molecule has 0 aromatic heterocycles. The molecule has 3 saturated heterocycles. The van der Waals surface area contributed by atoms with Gasteiger partial charge in [-0.05, 0) is 97.8 Å². The highest BCUT2D eigenvalue weighted by Crippen LogP contribution is 2.53. The fourth-order valence-corrected chi connectivity index (χ4v) is 7.00. The lowest BCUT2D eigenvalue weighted by atomic mass is 9.79. The Hall–Kier alpha value is -2.53. The molecule has 3 fully saturated rings. The van der Waals surface area contributed by atoms with Gasteiger partial charge in [0.15, 0.2) is 0 Å². The van der Waals surface area contributed by atoms with Gasteiger partial charge in [-0.1, -0.05) is 51.5 Å². The topological polar surface area (TPSA) is 55.8 Å². The summed E-state index contributed by atoms with van der Waals surface area (Å²) >= 11 is 0. The molecule has 4 aliphatic rings. The Morgan fingerprint density at radius 3 is 2.44 bits per heavy atom. The second kappa shape index (κ2) is 10.1. The van der Waals surface area contributed by atoms with Crippen molar-refractivity contribution in [1.82, 2.24) is 9.80 Å². The van der Waals surface area contributed by atoms with Crippen LogP contribution < -0.4 is 9.84 Å². The number of aryl methyl sites for hydroxylation is 1. The number of carboxylic acid groups (broad SMARTS) is 1. The third-order valence-corrected chi connectivity index (χ3v) is 8.77. The number of unbranched alkanes of at least 4 members (excludes halogenated alkanes) is 1. The summed E-state index contributed by atoms with van der Waals surface area (Å²) in [6, 6.07) is 13.0. The van der Waals surface area contributed by atoms with E-state index in [0.717, 1.165) is 67.8 Å². The first kappa shape index (κ1) is 25.1. The van der Waals surface area contributed by atoms with E-state index in [1.165, 1.54) is 24.0 Å². The van der Waals surface area contributed by atoms with Crippen molar-refractivity contribution < 1.29 is 14.6 Å². The van der Waals surface area contributed by atoms with Gasteiger partial charge in [0.2, 0.25) is 0 Å². The van der Waals surface area contributed by atoms with Crippen molar-refractivity contribution in [2.45, 2.75) is 78.3 Å². The van der Waals surface area contributed by atoms with E-state index in [4.69, 9.17) is 4.74 Å². The Morgan fingerprint density at radius 1 is 1.14 bits per heavy atom. The van der Waals surface area contributed by atoms with Gasteiger partial charge in [-0.3, -0.25) is 0 Å². The molecule has 5 nitrogen and oxygen atoms in total. The molecule has 0 radical (unpaired) electrons. The Balaban J connectivity index is 1.53. The van der Waals surface area contributed by atoms with E-state index in [0.29, 0.717) is 12.5 Å². The summed E-state index contributed by atoms with van der Waals surface area (Å²) in [6.45, 7) is 12.2. The first-order chi connectivity index (χ1) is 17.3. The molecule has 36 heavy (non-hydrogen) atoms. The highest BCUT2D eigenvalue weighted by molar-refractivity contribution is 5.74. The highest BCUT2D eigenvalue weighted by atomic mass is 16.5. The van der Waals surface area contributed by atoms with Crippen LogP contribution in [0.4, 0.5) is 4.79 Å². The smallest absolute Gasteiger partial charge is 0.137 e. The van der Waals surface area contributed by atoms with Crippen LogP contribution in [0.5, 0.6) is 5.75 Å². The molecule has 0 saturated carbocycles. The van der Waals surface area contributed by atoms with Crippen molar-refractivity contribution in [3.63, 3.8) is 0 Å². The summed E-state index contributed by atoms with van der Waals surface area (Å²) in [5.74, 6) is 1.26. The quantitative estimate of drug-likeness (QED) is 0.494. The fourth-order valence-electron chi connectivity index (χ4n) is 7.00. The highest BCUT2D eigenvalue weighted by Gasteiger charge is 2.48. The zero-order chi connectivity index (χ0) is 25.4. The zero-order valence-electron chi connectivity index (χ0n) is 22.4. The largest absolute Gasteiger partial charge is 0.530 e. The molecular weight excluding hydrogens is 448 g/mol. The molecule has 2 atom stereocenters. The monoisotopic (exact) mass is 489 g/mol. The van der Waals surface area contributed by atoms with Crippen LogP contribution >= 0.6 is 0 Å². The normalized spacial score (nSPS) is 26.0. The average molecular weight is 490 g/mol. The molecule has 0 unspecified atom stereocenters. The first-order valence-corrected chi connectivity index (χ1v) is 13.9. The van der Waals surface area contributed by atoms with E-state index in [1.807, 2.05) is 6.92 Å². The number of hydrogen-bond donors (Lipinski definition) is 0. The van der Waals surface area contributed by atoms with Crippen molar-refractivity contribution in [2.24, 2.45) is 11.3 Å². The predicted octanol–water partition coefficient (Wildman–Crippen LogP) is 5.46. The Bertz CT molecular complexity index is 1090. The van der Waals surface area contributed by atoms with E-state index in [1.54, 1.807) is 4.90 Å². The summed E-state index contributed by atoms with van der Waals surface area (Å²) in [5, 5.41) is 12.7. The van der Waals surface area contributed by atoms with Crippen LogP contribution in [0, 0.1) is 11.3 Å². The van der Waals surface area contributed by atoms with Crippen LogP contribution in [-0.2, 0) is 12.8 Å². The van der Waals surface area contributed by atoms with Crippen molar-refractivity contribution in [3.05, 3.63) is 53.1 Å². The van der Waals surface area contributed by atoms with Gasteiger partial charge < -0.3 is 24.4 Å². The molecule has 6 rings (SSSR count). The number of rotatable bonds is 8. The molecule has 5 heteroatoms. The molecule has 2 bridgehead atoms. The molecule has 2 aromatic carbocycles. The maximum absolute atomic E-state index is 12.7. The molecule has 2 aromatic rings. The molecule has 1 amide bonds. The minimum Gasteiger partial charge on any atom is -0.530 e. The third kappa shape index (κ3) is 4.63. The number of benzene rings is 2. The van der Waals surface area contributed by atoms with Gasteiger partial charge in [0.1, 0.15) is 11.8 Å². The molecule has 0 spiro atoms. The summed E-state index contributed by atoms with van der Waals surface area (Å²) in [4.78, 5) is 16.9. The standard InChI is InChI=1S/C31H42N2O3/c1-5-7-8-21-9-11-22(12-10-21)25-17-24-19-31(3,4)29(26(24)18-28(25)36-6-2)33(30(34)35)27-20-32-15-13-23(27)14-16-32/h9-12,17-18,23,27,29H,5-8,13-16,19-20H2,1-4H3,(H,34,35)/p-1/t27-,29+/m1/s1. The minimum absolute atomic E-state index is 0.00129. The van der Waals surface area contributed by atoms with Crippen LogP contribution in [0.1, 0.15) is 76.1 Å². The minimum atomic E-state index is -1.04. The number of nitrogens with zero attached hydrogens (tertiary/aromatic N) is 2. The van der Waals surface area contributed by atoms with E-state index in [9.17, 15) is 9.90 Å². The van der Waals surface area contributed by atoms with Gasteiger partial charge in [0.05, 0.1) is 12.6 Å². The molecular formula is C31H41N2O3-. The maximum Gasteiger partial charge on any atom is 0.137 e. The summed E-state index contributed by atoms with van der Waals surface area (Å²) in [6.07, 6.45) is 5.45. The van der Waals surface area contributed by atoms with Gasteiger partial charge in [0.25, 0.3) is 0 Å². The van der Waals surface area contributed by atoms with E-state index >= 15 is 0 Å². The van der Waals surface area contributed by atoms with Gasteiger partial charge in [-0.2, -0.15) is 0 Å². The van der Waals surface area contributed by atoms with Crippen LogP contribution in [0.25, 0.3) is 11.1 Å². The Labute approximate surface area is 216 Å². The third-order valence-electron chi connectivity index (χ3n) is 8.77.